The number of nitrogens with two attached hydrogens (primary N) is 2. The van der Waals surface area contributed by atoms with Gasteiger partial charge in [0.05, 0.1) is 6.54 Å². The highest BCUT2D eigenvalue weighted by atomic mass is 32.2. The first-order chi connectivity index (χ1) is 14.0. The summed E-state index contributed by atoms with van der Waals surface area (Å²) in [6.07, 6.45) is 2.00. The monoisotopic (exact) mass is 447 g/mol. The van der Waals surface area contributed by atoms with Crippen LogP contribution >= 0.6 is 11.8 Å². The molecule has 0 radical (unpaired) electrons. The molecule has 30 heavy (non-hydrogen) atoms. The van der Waals surface area contributed by atoms with Crippen LogP contribution in [0.1, 0.15) is 39.5 Å². The summed E-state index contributed by atoms with van der Waals surface area (Å²) in [4.78, 5) is 59.5. The van der Waals surface area contributed by atoms with Crippen LogP contribution in [0.15, 0.2) is 0 Å². The largest absolute Gasteiger partial charge is 0.480 e. The molecule has 0 aromatic rings. The number of hydrogen-bond donors (Lipinski definition) is 6. The molecule has 11 nitrogen and oxygen atoms in total. The van der Waals surface area contributed by atoms with Crippen molar-refractivity contribution in [2.45, 2.75) is 57.7 Å². The van der Waals surface area contributed by atoms with E-state index in [1.165, 1.54) is 11.8 Å². The van der Waals surface area contributed by atoms with Crippen molar-refractivity contribution in [2.24, 2.45) is 17.4 Å². The summed E-state index contributed by atoms with van der Waals surface area (Å²) < 4.78 is 0. The van der Waals surface area contributed by atoms with Crippen LogP contribution in [0.5, 0.6) is 0 Å². The minimum absolute atomic E-state index is 0.0552. The van der Waals surface area contributed by atoms with Crippen LogP contribution in [0.3, 0.4) is 0 Å². The number of carboxylic acids is 1. The molecule has 0 saturated carbocycles. The van der Waals surface area contributed by atoms with Gasteiger partial charge in [-0.1, -0.05) is 13.8 Å². The number of carbonyl (C=O) groups excluding carboxylic acids is 4. The lowest BCUT2D eigenvalue weighted by molar-refractivity contribution is -0.142. The molecule has 0 aliphatic heterocycles. The summed E-state index contributed by atoms with van der Waals surface area (Å²) >= 11 is 1.43. The summed E-state index contributed by atoms with van der Waals surface area (Å²) in [7, 11) is 0. The maximum Gasteiger partial charge on any atom is 0.326 e. The number of amides is 4. The Morgan fingerprint density at radius 1 is 0.933 bits per heavy atom. The summed E-state index contributed by atoms with van der Waals surface area (Å²) in [5.41, 5.74) is 10.4. The molecule has 0 aliphatic carbocycles. The fourth-order valence-corrected chi connectivity index (χ4v) is 3.02. The Kier molecular flexibility index (Phi) is 13.5. The molecule has 0 bridgehead atoms. The smallest absolute Gasteiger partial charge is 0.326 e. The average Bonchev–Trinajstić information content (AvgIpc) is 2.66. The van der Waals surface area contributed by atoms with E-state index in [0.717, 1.165) is 0 Å². The molecule has 0 fully saturated rings. The second-order valence-electron chi connectivity index (χ2n) is 7.20. The number of nitrogens with one attached hydrogen (secondary N) is 3. The van der Waals surface area contributed by atoms with Crippen LogP contribution in [0, 0.1) is 5.92 Å². The van der Waals surface area contributed by atoms with E-state index in [1.807, 2.05) is 13.8 Å². The van der Waals surface area contributed by atoms with Crippen molar-refractivity contribution in [3.8, 4) is 0 Å². The molecule has 0 aliphatic rings. The van der Waals surface area contributed by atoms with E-state index < -0.39 is 47.7 Å². The third kappa shape index (κ3) is 11.6. The molecule has 0 saturated heterocycles. The highest BCUT2D eigenvalue weighted by Gasteiger charge is 2.29. The first-order valence-corrected chi connectivity index (χ1v) is 11.0. The molecule has 0 spiro atoms. The van der Waals surface area contributed by atoms with E-state index in [1.54, 1.807) is 6.26 Å². The topological polar surface area (TPSA) is 194 Å². The van der Waals surface area contributed by atoms with Crippen molar-refractivity contribution in [1.29, 1.82) is 0 Å². The first-order valence-electron chi connectivity index (χ1n) is 9.61. The third-order valence-electron chi connectivity index (χ3n) is 4.08. The Hall–Kier alpha value is -2.34. The lowest BCUT2D eigenvalue weighted by Crippen LogP contribution is -2.56. The molecule has 4 amide bonds. The fraction of sp³-hybridized carbons (Fsp3) is 0.722. The number of aliphatic carboxylic acids is 1. The highest BCUT2D eigenvalue weighted by molar-refractivity contribution is 7.98. The van der Waals surface area contributed by atoms with Gasteiger partial charge in [0.2, 0.25) is 23.6 Å². The number of thioether (sulfide) groups is 1. The molecule has 0 heterocycles. The van der Waals surface area contributed by atoms with Crippen molar-refractivity contribution in [3.05, 3.63) is 0 Å². The number of carboxylic acid groups (broad SMARTS) is 1. The van der Waals surface area contributed by atoms with Gasteiger partial charge in [-0.15, -0.1) is 0 Å². The Bertz CT molecular complexity index is 616. The summed E-state index contributed by atoms with van der Waals surface area (Å²) in [6, 6.07) is -3.26. The van der Waals surface area contributed by atoms with Crippen molar-refractivity contribution < 1.29 is 29.1 Å². The molecule has 12 heteroatoms. The van der Waals surface area contributed by atoms with Crippen molar-refractivity contribution in [2.75, 3.05) is 18.6 Å². The number of carbonyl (C=O) groups is 5. The molecule has 0 aromatic heterocycles. The summed E-state index contributed by atoms with van der Waals surface area (Å²) in [6.45, 7) is 3.41. The number of rotatable bonds is 15. The van der Waals surface area contributed by atoms with Crippen LogP contribution in [0.4, 0.5) is 0 Å². The van der Waals surface area contributed by atoms with Crippen LogP contribution < -0.4 is 27.4 Å². The molecule has 3 atom stereocenters. The van der Waals surface area contributed by atoms with Gasteiger partial charge in [-0.2, -0.15) is 11.8 Å². The third-order valence-corrected chi connectivity index (χ3v) is 4.73. The van der Waals surface area contributed by atoms with Crippen molar-refractivity contribution in [1.82, 2.24) is 16.0 Å². The summed E-state index contributed by atoms with van der Waals surface area (Å²) in [5.74, 6) is -3.22. The van der Waals surface area contributed by atoms with Gasteiger partial charge in [0.25, 0.3) is 0 Å². The lowest BCUT2D eigenvalue weighted by Gasteiger charge is -2.25. The minimum atomic E-state index is -1.20. The Labute approximate surface area is 180 Å². The van der Waals surface area contributed by atoms with Crippen LogP contribution in [-0.2, 0) is 24.0 Å². The molecule has 172 valence electrons. The Morgan fingerprint density at radius 2 is 1.50 bits per heavy atom. The standard InChI is InChI=1S/C18H33N5O6S/c1-10(2)8-13(21-15(25)9-19)17(27)22-11(4-5-14(20)24)16(26)23-12(18(28)29)6-7-30-3/h10-13H,4-9,19H2,1-3H3,(H2,20,24)(H,21,25)(H,22,27)(H,23,26)(H,28,29). The molecular weight excluding hydrogens is 414 g/mol. The van der Waals surface area contributed by atoms with Crippen LogP contribution in [-0.4, -0.2) is 71.4 Å². The predicted octanol–water partition coefficient (Wildman–Crippen LogP) is -1.45. The van der Waals surface area contributed by atoms with Crippen LogP contribution in [0.2, 0.25) is 0 Å². The summed E-state index contributed by atoms with van der Waals surface area (Å²) in [5, 5.41) is 16.7. The maximum absolute atomic E-state index is 12.7. The quantitative estimate of drug-likeness (QED) is 0.175. The Morgan fingerprint density at radius 3 is 1.97 bits per heavy atom. The van der Waals surface area contributed by atoms with Crippen molar-refractivity contribution in [3.63, 3.8) is 0 Å². The normalized spacial score (nSPS) is 13.8. The van der Waals surface area contributed by atoms with Crippen molar-refractivity contribution >= 4 is 41.4 Å². The van der Waals surface area contributed by atoms with Gasteiger partial charge in [0.15, 0.2) is 0 Å². The molecule has 3 unspecified atom stereocenters. The van der Waals surface area contributed by atoms with E-state index >= 15 is 0 Å². The highest BCUT2D eigenvalue weighted by Crippen LogP contribution is 2.08. The van der Waals surface area contributed by atoms with E-state index in [2.05, 4.69) is 16.0 Å². The Balaban J connectivity index is 5.38. The van der Waals surface area contributed by atoms with Gasteiger partial charge in [-0.3, -0.25) is 19.2 Å². The van der Waals surface area contributed by atoms with E-state index in [-0.39, 0.29) is 31.7 Å². The molecule has 0 aromatic carbocycles. The zero-order chi connectivity index (χ0) is 23.3. The zero-order valence-corrected chi connectivity index (χ0v) is 18.4. The fourth-order valence-electron chi connectivity index (χ4n) is 2.55. The minimum Gasteiger partial charge on any atom is -0.480 e. The van der Waals surface area contributed by atoms with Crippen LogP contribution in [0.25, 0.3) is 0 Å². The van der Waals surface area contributed by atoms with Gasteiger partial charge in [-0.25, -0.2) is 4.79 Å². The van der Waals surface area contributed by atoms with Gasteiger partial charge in [0.1, 0.15) is 18.1 Å². The second kappa shape index (κ2) is 14.6. The van der Waals surface area contributed by atoms with Gasteiger partial charge in [0, 0.05) is 6.42 Å². The predicted molar refractivity (Wildman–Crippen MR) is 113 cm³/mol. The van der Waals surface area contributed by atoms with Gasteiger partial charge < -0.3 is 32.5 Å². The maximum atomic E-state index is 12.7. The average molecular weight is 448 g/mol. The first kappa shape index (κ1) is 27.7. The number of hydrogen-bond acceptors (Lipinski definition) is 7. The molecular formula is C18H33N5O6S. The van der Waals surface area contributed by atoms with E-state index in [0.29, 0.717) is 12.2 Å². The lowest BCUT2D eigenvalue weighted by atomic mass is 10.0. The second-order valence-corrected chi connectivity index (χ2v) is 8.19. The van der Waals surface area contributed by atoms with E-state index in [4.69, 9.17) is 11.5 Å². The number of primary amides is 1. The van der Waals surface area contributed by atoms with Gasteiger partial charge >= 0.3 is 5.97 Å². The SMILES string of the molecule is CSCCC(NC(=O)C(CCC(N)=O)NC(=O)C(CC(C)C)NC(=O)CN)C(=O)O. The molecule has 0 rings (SSSR count). The molecule has 8 N–H and O–H groups in total. The van der Waals surface area contributed by atoms with Gasteiger partial charge in [-0.05, 0) is 37.2 Å². The zero-order valence-electron chi connectivity index (χ0n) is 17.6. The van der Waals surface area contributed by atoms with E-state index in [9.17, 15) is 29.1 Å².